The molecule has 118 valence electrons. The first kappa shape index (κ1) is 15.6. The van der Waals surface area contributed by atoms with Gasteiger partial charge in [0.05, 0.1) is 11.2 Å². The van der Waals surface area contributed by atoms with Gasteiger partial charge in [0.2, 0.25) is 0 Å². The highest BCUT2D eigenvalue weighted by molar-refractivity contribution is 5.96. The van der Waals surface area contributed by atoms with E-state index in [4.69, 9.17) is 9.97 Å². The summed E-state index contributed by atoms with van der Waals surface area (Å²) in [5.74, 6) is 1.64. The van der Waals surface area contributed by atoms with Crippen molar-refractivity contribution in [2.75, 3.05) is 0 Å². The van der Waals surface area contributed by atoms with Crippen LogP contribution in [0.15, 0.2) is 42.7 Å². The van der Waals surface area contributed by atoms with E-state index in [0.29, 0.717) is 5.92 Å². The van der Waals surface area contributed by atoms with Gasteiger partial charge in [0.1, 0.15) is 5.82 Å². The molecule has 3 heteroatoms. The van der Waals surface area contributed by atoms with Gasteiger partial charge < -0.3 is 0 Å². The second-order valence-corrected chi connectivity index (χ2v) is 6.31. The molecule has 0 atom stereocenters. The van der Waals surface area contributed by atoms with Crippen LogP contribution in [0.4, 0.5) is 0 Å². The fourth-order valence-corrected chi connectivity index (χ4v) is 2.87. The summed E-state index contributed by atoms with van der Waals surface area (Å²) >= 11 is 0. The van der Waals surface area contributed by atoms with E-state index in [1.807, 2.05) is 24.5 Å². The summed E-state index contributed by atoms with van der Waals surface area (Å²) in [5.41, 5.74) is 4.54. The average molecular weight is 305 g/mol. The lowest BCUT2D eigenvalue weighted by molar-refractivity contribution is 0.574. The van der Waals surface area contributed by atoms with Crippen LogP contribution in [0.2, 0.25) is 0 Å². The van der Waals surface area contributed by atoms with Crippen molar-refractivity contribution in [3.8, 4) is 11.1 Å². The Morgan fingerprint density at radius 3 is 2.48 bits per heavy atom. The lowest BCUT2D eigenvalue weighted by Crippen LogP contribution is -2.03. The Kier molecular flexibility index (Phi) is 4.65. The minimum Gasteiger partial charge on any atom is -0.265 e. The Bertz CT molecular complexity index is 795. The molecule has 3 aromatic rings. The minimum atomic E-state index is 0.669. The molecule has 0 amide bonds. The van der Waals surface area contributed by atoms with Crippen molar-refractivity contribution in [3.63, 3.8) is 0 Å². The molecule has 1 aromatic carbocycles. The van der Waals surface area contributed by atoms with E-state index in [9.17, 15) is 0 Å². The molecule has 3 rings (SSSR count). The topological polar surface area (TPSA) is 38.7 Å². The van der Waals surface area contributed by atoms with Gasteiger partial charge >= 0.3 is 0 Å². The molecule has 3 nitrogen and oxygen atoms in total. The summed E-state index contributed by atoms with van der Waals surface area (Å²) < 4.78 is 0. The fourth-order valence-electron chi connectivity index (χ4n) is 2.87. The van der Waals surface area contributed by atoms with Gasteiger partial charge in [-0.25, -0.2) is 9.97 Å². The van der Waals surface area contributed by atoms with Crippen LogP contribution in [0, 0.1) is 5.92 Å². The number of fused-ring (bicyclic) bond motifs is 1. The molecule has 0 aliphatic heterocycles. The molecule has 0 fully saturated rings. The highest BCUT2D eigenvalue weighted by Crippen LogP contribution is 2.30. The number of rotatable bonds is 5. The third kappa shape index (κ3) is 3.39. The Balaban J connectivity index is 2.14. The van der Waals surface area contributed by atoms with E-state index in [1.54, 1.807) is 0 Å². The predicted octanol–water partition coefficient (Wildman–Crippen LogP) is 4.84. The number of hydrogen-bond acceptors (Lipinski definition) is 3. The lowest BCUT2D eigenvalue weighted by Gasteiger charge is -2.12. The molecule has 2 heterocycles. The number of nitrogens with zero attached hydrogens (tertiary/aromatic N) is 3. The minimum absolute atomic E-state index is 0.669. The second kappa shape index (κ2) is 6.86. The van der Waals surface area contributed by atoms with Crippen LogP contribution < -0.4 is 0 Å². The Morgan fingerprint density at radius 1 is 1.00 bits per heavy atom. The molecule has 23 heavy (non-hydrogen) atoms. The predicted molar refractivity (Wildman–Crippen MR) is 95.3 cm³/mol. The highest BCUT2D eigenvalue weighted by atomic mass is 14.9. The number of benzene rings is 1. The summed E-state index contributed by atoms with van der Waals surface area (Å²) in [6, 6.07) is 10.4. The SMILES string of the molecule is CCc1nc(CCC(C)C)nc2cccc(-c3ccncc3)c12. The molecular formula is C20H23N3. The number of aryl methyl sites for hydroxylation is 2. The summed E-state index contributed by atoms with van der Waals surface area (Å²) in [6.07, 6.45) is 6.64. The molecular weight excluding hydrogens is 282 g/mol. The zero-order chi connectivity index (χ0) is 16.2. The third-order valence-corrected chi connectivity index (χ3v) is 4.12. The Morgan fingerprint density at radius 2 is 1.78 bits per heavy atom. The summed E-state index contributed by atoms with van der Waals surface area (Å²) in [7, 11) is 0. The molecule has 0 unspecified atom stereocenters. The second-order valence-electron chi connectivity index (χ2n) is 6.31. The first-order valence-electron chi connectivity index (χ1n) is 8.38. The lowest BCUT2D eigenvalue weighted by atomic mass is 9.99. The normalized spacial score (nSPS) is 11.3. The van der Waals surface area contributed by atoms with Gasteiger partial charge in [-0.05, 0) is 48.1 Å². The smallest absolute Gasteiger partial charge is 0.129 e. The average Bonchev–Trinajstić information content (AvgIpc) is 2.59. The molecule has 0 aliphatic carbocycles. The van der Waals surface area contributed by atoms with Gasteiger partial charge in [0.15, 0.2) is 0 Å². The molecule has 0 bridgehead atoms. The van der Waals surface area contributed by atoms with Gasteiger partial charge in [0, 0.05) is 24.2 Å². The van der Waals surface area contributed by atoms with Gasteiger partial charge in [-0.2, -0.15) is 0 Å². The molecule has 0 spiro atoms. The highest BCUT2D eigenvalue weighted by Gasteiger charge is 2.12. The number of pyridine rings is 1. The van der Waals surface area contributed by atoms with Crippen molar-refractivity contribution in [1.82, 2.24) is 15.0 Å². The maximum Gasteiger partial charge on any atom is 0.129 e. The maximum absolute atomic E-state index is 4.85. The van der Waals surface area contributed by atoms with E-state index >= 15 is 0 Å². The fraction of sp³-hybridized carbons (Fsp3) is 0.350. The Hall–Kier alpha value is -2.29. The van der Waals surface area contributed by atoms with Crippen LogP contribution in [-0.4, -0.2) is 15.0 Å². The van der Waals surface area contributed by atoms with Crippen LogP contribution in [0.5, 0.6) is 0 Å². The van der Waals surface area contributed by atoms with Gasteiger partial charge in [-0.1, -0.05) is 32.9 Å². The maximum atomic E-state index is 4.85. The van der Waals surface area contributed by atoms with E-state index in [1.165, 1.54) is 16.5 Å². The number of aromatic nitrogens is 3. The molecule has 2 aromatic heterocycles. The number of hydrogen-bond donors (Lipinski definition) is 0. The first-order chi connectivity index (χ1) is 11.2. The summed E-state index contributed by atoms with van der Waals surface area (Å²) in [4.78, 5) is 13.8. The van der Waals surface area contributed by atoms with E-state index in [-0.39, 0.29) is 0 Å². The molecule has 0 radical (unpaired) electrons. The van der Waals surface area contributed by atoms with E-state index < -0.39 is 0 Å². The Labute approximate surface area is 137 Å². The van der Waals surface area contributed by atoms with Crippen molar-refractivity contribution in [2.24, 2.45) is 5.92 Å². The van der Waals surface area contributed by atoms with Gasteiger partial charge in [-0.3, -0.25) is 4.98 Å². The van der Waals surface area contributed by atoms with E-state index in [2.05, 4.69) is 44.0 Å². The summed E-state index contributed by atoms with van der Waals surface area (Å²) in [6.45, 7) is 6.64. The quantitative estimate of drug-likeness (QED) is 0.677. The van der Waals surface area contributed by atoms with Crippen LogP contribution in [0.3, 0.4) is 0 Å². The van der Waals surface area contributed by atoms with Crippen molar-refractivity contribution in [1.29, 1.82) is 0 Å². The monoisotopic (exact) mass is 305 g/mol. The third-order valence-electron chi connectivity index (χ3n) is 4.12. The first-order valence-corrected chi connectivity index (χ1v) is 8.38. The van der Waals surface area contributed by atoms with Crippen LogP contribution in [-0.2, 0) is 12.8 Å². The van der Waals surface area contributed by atoms with Crippen molar-refractivity contribution in [2.45, 2.75) is 40.0 Å². The standard InChI is InChI=1S/C20H23N3/c1-4-17-20-16(15-10-12-21-13-11-15)6-5-7-18(20)23-19(22-17)9-8-14(2)3/h5-7,10-14H,4,8-9H2,1-3H3. The van der Waals surface area contributed by atoms with Gasteiger partial charge in [-0.15, -0.1) is 0 Å². The van der Waals surface area contributed by atoms with Crippen LogP contribution >= 0.6 is 0 Å². The van der Waals surface area contributed by atoms with Crippen molar-refractivity contribution >= 4 is 10.9 Å². The van der Waals surface area contributed by atoms with Crippen LogP contribution in [0.1, 0.15) is 38.7 Å². The molecule has 0 N–H and O–H groups in total. The molecule has 0 aliphatic rings. The zero-order valence-corrected chi connectivity index (χ0v) is 14.1. The largest absolute Gasteiger partial charge is 0.265 e. The van der Waals surface area contributed by atoms with Crippen molar-refractivity contribution < 1.29 is 0 Å². The zero-order valence-electron chi connectivity index (χ0n) is 14.1. The van der Waals surface area contributed by atoms with E-state index in [0.717, 1.165) is 36.3 Å². The van der Waals surface area contributed by atoms with Gasteiger partial charge in [0.25, 0.3) is 0 Å². The molecule has 0 saturated heterocycles. The van der Waals surface area contributed by atoms with Crippen LogP contribution in [0.25, 0.3) is 22.0 Å². The summed E-state index contributed by atoms with van der Waals surface area (Å²) in [5, 5.41) is 1.18. The molecule has 0 saturated carbocycles. The van der Waals surface area contributed by atoms with Crippen molar-refractivity contribution in [3.05, 3.63) is 54.2 Å².